The molecule has 2 heteroatoms. The van der Waals surface area contributed by atoms with Crippen LogP contribution in [0, 0.1) is 5.92 Å². The lowest BCUT2D eigenvalue weighted by atomic mass is 9.82. The molecule has 2 heterocycles. The monoisotopic (exact) mass is 342 g/mol. The van der Waals surface area contributed by atoms with E-state index in [0.717, 1.165) is 12.3 Å². The van der Waals surface area contributed by atoms with Crippen LogP contribution in [0.1, 0.15) is 61.9 Å². The Morgan fingerprint density at radius 1 is 0.923 bits per heavy atom. The average molecular weight is 342 g/mol. The first-order chi connectivity index (χ1) is 12.9. The van der Waals surface area contributed by atoms with E-state index in [9.17, 15) is 0 Å². The topological polar surface area (TPSA) is 17.8 Å². The molecule has 0 N–H and O–H groups in total. The smallest absolute Gasteiger partial charge is 0.141 e. The quantitative estimate of drug-likeness (QED) is 0.626. The number of benzene rings is 1. The van der Waals surface area contributed by atoms with Crippen LogP contribution in [0.3, 0.4) is 0 Å². The fraction of sp³-hybridized carbons (Fsp3) is 0.375. The van der Waals surface area contributed by atoms with E-state index in [1.165, 1.54) is 54.9 Å². The number of rotatable bonds is 2. The largest absolute Gasteiger partial charge is 0.321 e. The second kappa shape index (κ2) is 6.75. The second-order valence-electron chi connectivity index (χ2n) is 7.85. The molecule has 1 fully saturated rings. The van der Waals surface area contributed by atoms with Crippen molar-refractivity contribution in [1.82, 2.24) is 9.55 Å². The third kappa shape index (κ3) is 2.68. The van der Waals surface area contributed by atoms with Gasteiger partial charge in [0.25, 0.3) is 0 Å². The third-order valence-electron chi connectivity index (χ3n) is 6.26. The van der Waals surface area contributed by atoms with Crippen LogP contribution in [0.5, 0.6) is 0 Å². The molecule has 3 aliphatic rings. The van der Waals surface area contributed by atoms with Crippen LogP contribution in [-0.2, 0) is 0 Å². The Morgan fingerprint density at radius 3 is 2.65 bits per heavy atom. The average Bonchev–Trinajstić information content (AvgIpc) is 2.98. The molecule has 2 aromatic rings. The molecular weight excluding hydrogens is 316 g/mol. The zero-order valence-electron chi connectivity index (χ0n) is 15.2. The molecule has 1 aromatic carbocycles. The zero-order chi connectivity index (χ0) is 17.3. The number of nitrogens with zero attached hydrogens (tertiary/aromatic N) is 2. The van der Waals surface area contributed by atoms with Gasteiger partial charge in [0.2, 0.25) is 0 Å². The van der Waals surface area contributed by atoms with Crippen molar-refractivity contribution in [2.24, 2.45) is 5.92 Å². The molecule has 1 aliphatic heterocycles. The van der Waals surface area contributed by atoms with Crippen LogP contribution in [0.15, 0.2) is 60.7 Å². The van der Waals surface area contributed by atoms with E-state index in [0.29, 0.717) is 12.0 Å². The van der Waals surface area contributed by atoms with Crippen LogP contribution in [0.2, 0.25) is 0 Å². The summed E-state index contributed by atoms with van der Waals surface area (Å²) in [5, 5.41) is 0. The summed E-state index contributed by atoms with van der Waals surface area (Å²) in [6, 6.07) is 11.4. The van der Waals surface area contributed by atoms with Crippen molar-refractivity contribution >= 4 is 6.08 Å². The maximum atomic E-state index is 5.25. The number of hydrogen-bond donors (Lipinski definition) is 0. The Morgan fingerprint density at radius 2 is 1.81 bits per heavy atom. The summed E-state index contributed by atoms with van der Waals surface area (Å²) in [6.07, 6.45) is 21.3. The second-order valence-corrected chi connectivity index (χ2v) is 7.85. The molecule has 1 aromatic heterocycles. The summed E-state index contributed by atoms with van der Waals surface area (Å²) in [7, 11) is 0. The van der Waals surface area contributed by atoms with Gasteiger partial charge in [0.1, 0.15) is 5.82 Å². The molecule has 3 atom stereocenters. The lowest BCUT2D eigenvalue weighted by molar-refractivity contribution is 0.244. The summed E-state index contributed by atoms with van der Waals surface area (Å²) in [6.45, 7) is 0. The maximum Gasteiger partial charge on any atom is 0.141 e. The molecule has 2 nitrogen and oxygen atoms in total. The Hall–Kier alpha value is -2.35. The molecule has 0 radical (unpaired) electrons. The van der Waals surface area contributed by atoms with E-state index in [-0.39, 0.29) is 0 Å². The van der Waals surface area contributed by atoms with Gasteiger partial charge >= 0.3 is 0 Å². The molecule has 26 heavy (non-hydrogen) atoms. The van der Waals surface area contributed by atoms with Gasteiger partial charge in [0.15, 0.2) is 0 Å². The van der Waals surface area contributed by atoms with Crippen LogP contribution in [-0.4, -0.2) is 9.55 Å². The predicted octanol–water partition coefficient (Wildman–Crippen LogP) is 6.30. The van der Waals surface area contributed by atoms with E-state index in [1.54, 1.807) is 0 Å². The van der Waals surface area contributed by atoms with Crippen molar-refractivity contribution in [2.45, 2.75) is 50.5 Å². The van der Waals surface area contributed by atoms with Crippen LogP contribution in [0.25, 0.3) is 17.5 Å². The van der Waals surface area contributed by atoms with Gasteiger partial charge in [-0.3, -0.25) is 0 Å². The lowest BCUT2D eigenvalue weighted by Crippen LogP contribution is -2.23. The SMILES string of the molecule is C1=CCC(c2nc(-c3ccccc3)n3c2C=CCC2CCCCC23)C=C1. The van der Waals surface area contributed by atoms with Gasteiger partial charge < -0.3 is 4.57 Å². The maximum absolute atomic E-state index is 5.25. The Bertz CT molecular complexity index is 869. The molecule has 0 saturated heterocycles. The van der Waals surface area contributed by atoms with Crippen LogP contribution < -0.4 is 0 Å². The fourth-order valence-corrected chi connectivity index (χ4v) is 4.97. The highest BCUT2D eigenvalue weighted by Crippen LogP contribution is 2.44. The molecule has 132 valence electrons. The van der Waals surface area contributed by atoms with Crippen molar-refractivity contribution in [2.75, 3.05) is 0 Å². The molecule has 0 spiro atoms. The van der Waals surface area contributed by atoms with Crippen molar-refractivity contribution in [3.63, 3.8) is 0 Å². The number of hydrogen-bond acceptors (Lipinski definition) is 1. The summed E-state index contributed by atoms with van der Waals surface area (Å²) in [4.78, 5) is 5.25. The molecule has 0 amide bonds. The van der Waals surface area contributed by atoms with E-state index in [1.807, 2.05) is 0 Å². The van der Waals surface area contributed by atoms with Crippen molar-refractivity contribution < 1.29 is 0 Å². The van der Waals surface area contributed by atoms with Crippen molar-refractivity contribution in [3.8, 4) is 11.4 Å². The highest BCUT2D eigenvalue weighted by Gasteiger charge is 2.33. The summed E-state index contributed by atoms with van der Waals surface area (Å²) >= 11 is 0. The number of aromatic nitrogens is 2. The minimum atomic E-state index is 0.392. The van der Waals surface area contributed by atoms with Crippen LogP contribution in [0.4, 0.5) is 0 Å². The normalized spacial score (nSPS) is 27.0. The summed E-state index contributed by atoms with van der Waals surface area (Å²) < 4.78 is 2.60. The molecule has 5 rings (SSSR count). The summed E-state index contributed by atoms with van der Waals surface area (Å²) in [5.41, 5.74) is 3.85. The van der Waals surface area contributed by atoms with Crippen molar-refractivity contribution in [3.05, 3.63) is 72.1 Å². The van der Waals surface area contributed by atoms with E-state index in [2.05, 4.69) is 71.4 Å². The van der Waals surface area contributed by atoms with Gasteiger partial charge in [-0.05, 0) is 37.7 Å². The first-order valence-corrected chi connectivity index (χ1v) is 10.1. The lowest BCUT2D eigenvalue weighted by Gasteiger charge is -2.33. The first kappa shape index (κ1) is 15.9. The minimum absolute atomic E-state index is 0.392. The Balaban J connectivity index is 1.70. The Kier molecular flexibility index (Phi) is 4.12. The van der Waals surface area contributed by atoms with Gasteiger partial charge in [-0.2, -0.15) is 0 Å². The van der Waals surface area contributed by atoms with E-state index < -0.39 is 0 Å². The molecule has 3 unspecified atom stereocenters. The third-order valence-corrected chi connectivity index (χ3v) is 6.26. The predicted molar refractivity (Wildman–Crippen MR) is 108 cm³/mol. The summed E-state index contributed by atoms with van der Waals surface area (Å²) in [5.74, 6) is 2.32. The minimum Gasteiger partial charge on any atom is -0.321 e. The highest BCUT2D eigenvalue weighted by molar-refractivity contribution is 5.63. The Labute approximate surface area is 156 Å². The van der Waals surface area contributed by atoms with Gasteiger partial charge in [0.05, 0.1) is 11.4 Å². The zero-order valence-corrected chi connectivity index (χ0v) is 15.2. The molecule has 1 saturated carbocycles. The molecule has 0 bridgehead atoms. The molecule has 2 aliphatic carbocycles. The molecular formula is C24H26N2. The van der Waals surface area contributed by atoms with Gasteiger partial charge in [0, 0.05) is 17.5 Å². The highest BCUT2D eigenvalue weighted by atomic mass is 15.1. The van der Waals surface area contributed by atoms with Crippen LogP contribution >= 0.6 is 0 Å². The standard InChI is InChI=1S/C24H26N2/c1-3-11-19(12-4-1)23-22-17-9-15-18-10-7-8-16-21(18)26(22)24(25-23)20-13-5-2-6-14-20/h1-6,9,11,13-14,17-19,21H,7-8,10,12,15-16H2. The number of allylic oxidation sites excluding steroid dienone is 5. The fourth-order valence-electron chi connectivity index (χ4n) is 4.97. The van der Waals surface area contributed by atoms with E-state index in [4.69, 9.17) is 4.98 Å². The van der Waals surface area contributed by atoms with Gasteiger partial charge in [-0.15, -0.1) is 0 Å². The van der Waals surface area contributed by atoms with Gasteiger partial charge in [-0.25, -0.2) is 4.98 Å². The number of fused-ring (bicyclic) bond motifs is 3. The number of imidazole rings is 1. The van der Waals surface area contributed by atoms with Gasteiger partial charge in [-0.1, -0.05) is 73.6 Å². The van der Waals surface area contributed by atoms with Crippen molar-refractivity contribution in [1.29, 1.82) is 0 Å². The van der Waals surface area contributed by atoms with E-state index >= 15 is 0 Å². The first-order valence-electron chi connectivity index (χ1n) is 10.1.